The highest BCUT2D eigenvalue weighted by Gasteiger charge is 2.13. The molecule has 0 aliphatic carbocycles. The molecule has 1 heterocycles. The molecule has 3 heteroatoms. The van der Waals surface area contributed by atoms with Gasteiger partial charge in [-0.15, -0.1) is 0 Å². The normalized spacial score (nSPS) is 15.8. The third-order valence-corrected chi connectivity index (χ3v) is 2.83. The summed E-state index contributed by atoms with van der Waals surface area (Å²) in [6.45, 7) is 2.90. The molecular formula is C9H8Cl2N. The maximum Gasteiger partial charge on any atom is 0.0643 e. The first kappa shape index (κ1) is 8.36. The monoisotopic (exact) mass is 200 g/mol. The minimum absolute atomic E-state index is 0.621. The number of hydrogen-bond acceptors (Lipinski definition) is 1. The Morgan fingerprint density at radius 1 is 1.25 bits per heavy atom. The van der Waals surface area contributed by atoms with Crippen LogP contribution < -0.4 is 5.32 Å². The lowest BCUT2D eigenvalue weighted by Crippen LogP contribution is -2.21. The van der Waals surface area contributed by atoms with Gasteiger partial charge in [-0.3, -0.25) is 0 Å². The average Bonchev–Trinajstić information content (AvgIpc) is 2.12. The summed E-state index contributed by atoms with van der Waals surface area (Å²) in [5.41, 5.74) is 2.30. The second-order valence-corrected chi connectivity index (χ2v) is 3.57. The van der Waals surface area contributed by atoms with Gasteiger partial charge >= 0.3 is 0 Å². The Balaban J connectivity index is 2.54. The van der Waals surface area contributed by atoms with Gasteiger partial charge in [0.05, 0.1) is 16.6 Å². The third-order valence-electron chi connectivity index (χ3n) is 2.01. The van der Waals surface area contributed by atoms with Gasteiger partial charge in [-0.1, -0.05) is 29.3 Å². The highest BCUT2D eigenvalue weighted by molar-refractivity contribution is 6.42. The van der Waals surface area contributed by atoms with E-state index in [1.807, 2.05) is 18.7 Å². The molecule has 0 aromatic heterocycles. The zero-order valence-corrected chi connectivity index (χ0v) is 7.91. The molecule has 0 fully saturated rings. The Morgan fingerprint density at radius 2 is 2.08 bits per heavy atom. The van der Waals surface area contributed by atoms with Crippen LogP contribution in [-0.2, 0) is 6.42 Å². The predicted molar refractivity (Wildman–Crippen MR) is 51.6 cm³/mol. The molecule has 1 nitrogen and oxygen atoms in total. The first-order chi connectivity index (χ1) is 5.79. The van der Waals surface area contributed by atoms with E-state index < -0.39 is 0 Å². The maximum atomic E-state index is 6.01. The van der Waals surface area contributed by atoms with Gasteiger partial charge in [0.1, 0.15) is 0 Å². The van der Waals surface area contributed by atoms with Crippen molar-refractivity contribution in [2.75, 3.05) is 6.54 Å². The molecule has 0 amide bonds. The van der Waals surface area contributed by atoms with Crippen LogP contribution in [0.2, 0.25) is 10.0 Å². The topological polar surface area (TPSA) is 12.0 Å². The molecular weight excluding hydrogens is 193 g/mol. The van der Waals surface area contributed by atoms with Crippen molar-refractivity contribution < 1.29 is 0 Å². The number of fused-ring (bicyclic) bond motifs is 1. The lowest BCUT2D eigenvalue weighted by Gasteiger charge is -2.17. The number of hydrogen-bond donors (Lipinski definition) is 1. The maximum absolute atomic E-state index is 6.01. The molecule has 0 saturated heterocycles. The fourth-order valence-electron chi connectivity index (χ4n) is 1.36. The number of benzene rings is 1. The van der Waals surface area contributed by atoms with Crippen molar-refractivity contribution in [3.05, 3.63) is 39.8 Å². The van der Waals surface area contributed by atoms with Crippen molar-refractivity contribution >= 4 is 23.2 Å². The van der Waals surface area contributed by atoms with E-state index in [4.69, 9.17) is 23.2 Å². The molecule has 63 valence electrons. The van der Waals surface area contributed by atoms with E-state index in [2.05, 4.69) is 5.32 Å². The van der Waals surface area contributed by atoms with Crippen molar-refractivity contribution in [2.45, 2.75) is 6.42 Å². The molecule has 0 unspecified atom stereocenters. The first-order valence-corrected chi connectivity index (χ1v) is 4.58. The second kappa shape index (κ2) is 3.25. The molecule has 12 heavy (non-hydrogen) atoms. The van der Waals surface area contributed by atoms with Gasteiger partial charge in [0, 0.05) is 0 Å². The van der Waals surface area contributed by atoms with Crippen LogP contribution in [0.15, 0.2) is 12.1 Å². The minimum Gasteiger partial charge on any atom is -0.308 e. The SMILES string of the molecule is Clc1ccc2c(c1Cl)[CH]NCC2. The van der Waals surface area contributed by atoms with Crippen molar-refractivity contribution in [2.24, 2.45) is 0 Å². The van der Waals surface area contributed by atoms with Gasteiger partial charge in [0.15, 0.2) is 0 Å². The van der Waals surface area contributed by atoms with Crippen LogP contribution in [0, 0.1) is 6.54 Å². The fraction of sp³-hybridized carbons (Fsp3) is 0.222. The molecule has 1 aromatic carbocycles. The summed E-state index contributed by atoms with van der Waals surface area (Å²) in [4.78, 5) is 0. The van der Waals surface area contributed by atoms with Crippen molar-refractivity contribution in [1.82, 2.24) is 5.32 Å². The molecule has 1 aliphatic heterocycles. The largest absolute Gasteiger partial charge is 0.308 e. The number of halogens is 2. The van der Waals surface area contributed by atoms with Crippen LogP contribution in [0.3, 0.4) is 0 Å². The molecule has 0 spiro atoms. The minimum atomic E-state index is 0.621. The zero-order valence-electron chi connectivity index (χ0n) is 6.40. The van der Waals surface area contributed by atoms with E-state index in [1.54, 1.807) is 0 Å². The summed E-state index contributed by atoms with van der Waals surface area (Å²) in [6.07, 6.45) is 1.02. The molecule has 1 aromatic rings. The van der Waals surface area contributed by atoms with Gasteiger partial charge < -0.3 is 5.32 Å². The summed E-state index contributed by atoms with van der Waals surface area (Å²) in [7, 11) is 0. The number of nitrogens with one attached hydrogen (secondary N) is 1. The van der Waals surface area contributed by atoms with E-state index in [-0.39, 0.29) is 0 Å². The van der Waals surface area contributed by atoms with Crippen LogP contribution in [0.4, 0.5) is 0 Å². The van der Waals surface area contributed by atoms with E-state index in [0.717, 1.165) is 18.5 Å². The van der Waals surface area contributed by atoms with E-state index in [1.165, 1.54) is 5.56 Å². The fourth-order valence-corrected chi connectivity index (χ4v) is 1.77. The summed E-state index contributed by atoms with van der Waals surface area (Å²) in [5, 5.41) is 4.42. The van der Waals surface area contributed by atoms with E-state index in [9.17, 15) is 0 Å². The quantitative estimate of drug-likeness (QED) is 0.680. The summed E-state index contributed by atoms with van der Waals surface area (Å²) >= 11 is 11.9. The van der Waals surface area contributed by atoms with Crippen LogP contribution in [0.25, 0.3) is 0 Å². The Bertz CT molecular complexity index is 310. The van der Waals surface area contributed by atoms with Crippen molar-refractivity contribution in [1.29, 1.82) is 0 Å². The lowest BCUT2D eigenvalue weighted by molar-refractivity contribution is 0.753. The van der Waals surface area contributed by atoms with Gasteiger partial charge in [-0.25, -0.2) is 0 Å². The highest BCUT2D eigenvalue weighted by Crippen LogP contribution is 2.30. The summed E-state index contributed by atoms with van der Waals surface area (Å²) in [6, 6.07) is 3.88. The number of rotatable bonds is 0. The van der Waals surface area contributed by atoms with Crippen molar-refractivity contribution in [3.8, 4) is 0 Å². The molecule has 1 aliphatic rings. The second-order valence-electron chi connectivity index (χ2n) is 2.78. The first-order valence-electron chi connectivity index (χ1n) is 3.82. The van der Waals surface area contributed by atoms with Crippen LogP contribution in [0.1, 0.15) is 11.1 Å². The zero-order chi connectivity index (χ0) is 8.55. The average molecular weight is 201 g/mol. The Morgan fingerprint density at radius 3 is 2.92 bits per heavy atom. The molecule has 0 bridgehead atoms. The van der Waals surface area contributed by atoms with Gasteiger partial charge in [-0.05, 0) is 30.2 Å². The van der Waals surface area contributed by atoms with Crippen LogP contribution in [0.5, 0.6) is 0 Å². The predicted octanol–water partition coefficient (Wildman–Crippen LogP) is 2.65. The summed E-state index contributed by atoms with van der Waals surface area (Å²) in [5.74, 6) is 0. The smallest absolute Gasteiger partial charge is 0.0643 e. The van der Waals surface area contributed by atoms with E-state index >= 15 is 0 Å². The molecule has 0 saturated carbocycles. The molecule has 0 atom stereocenters. The summed E-state index contributed by atoms with van der Waals surface area (Å²) < 4.78 is 0. The van der Waals surface area contributed by atoms with Gasteiger partial charge in [0.2, 0.25) is 0 Å². The van der Waals surface area contributed by atoms with Gasteiger partial charge in [0.25, 0.3) is 0 Å². The third kappa shape index (κ3) is 1.33. The standard InChI is InChI=1S/C9H8Cl2N/c10-8-2-1-6-3-4-12-5-7(6)9(8)11/h1-2,5,12H,3-4H2. The molecule has 1 N–H and O–H groups in total. The highest BCUT2D eigenvalue weighted by atomic mass is 35.5. The van der Waals surface area contributed by atoms with Gasteiger partial charge in [-0.2, -0.15) is 0 Å². The lowest BCUT2D eigenvalue weighted by atomic mass is 10.0. The Kier molecular flexibility index (Phi) is 2.26. The van der Waals surface area contributed by atoms with Crippen LogP contribution in [-0.4, -0.2) is 6.54 Å². The molecule has 1 radical (unpaired) electrons. The molecule has 2 rings (SSSR count). The Labute approximate surface area is 81.7 Å². The Hall–Kier alpha value is -0.240. The van der Waals surface area contributed by atoms with E-state index in [0.29, 0.717) is 10.0 Å². The van der Waals surface area contributed by atoms with Crippen LogP contribution >= 0.6 is 23.2 Å². The van der Waals surface area contributed by atoms with Crippen molar-refractivity contribution in [3.63, 3.8) is 0 Å².